The smallest absolute Gasteiger partial charge is 0.343 e. The van der Waals surface area contributed by atoms with Crippen molar-refractivity contribution >= 4 is 58.5 Å². The number of imide groups is 2. The molecule has 9 nitrogen and oxygen atoms in total. The molecule has 10 heteroatoms. The van der Waals surface area contributed by atoms with Gasteiger partial charge in [-0.3, -0.25) is 14.4 Å². The fourth-order valence-electron chi connectivity index (χ4n) is 4.75. The summed E-state index contributed by atoms with van der Waals surface area (Å²) in [5.41, 5.74) is 3.34. The van der Waals surface area contributed by atoms with Crippen molar-refractivity contribution in [3.05, 3.63) is 118 Å². The second kappa shape index (κ2) is 12.8. The second-order valence-electron chi connectivity index (χ2n) is 9.98. The molecule has 1 saturated heterocycles. The lowest BCUT2D eigenvalue weighted by Crippen LogP contribution is -2.57. The zero-order valence-corrected chi connectivity index (χ0v) is 24.9. The Balaban J connectivity index is 1.45. The summed E-state index contributed by atoms with van der Waals surface area (Å²) in [5.74, 6) is -1.70. The number of nitrogens with zero attached hydrogens (tertiary/aromatic N) is 2. The maximum atomic E-state index is 13.7. The first kappa shape index (κ1) is 30.1. The predicted molar refractivity (Wildman–Crippen MR) is 169 cm³/mol. The van der Waals surface area contributed by atoms with E-state index < -0.39 is 23.8 Å². The van der Waals surface area contributed by atoms with Gasteiger partial charge in [-0.25, -0.2) is 14.6 Å². The molecule has 1 fully saturated rings. The number of benzene rings is 4. The van der Waals surface area contributed by atoms with Crippen molar-refractivity contribution in [2.45, 2.75) is 13.8 Å². The van der Waals surface area contributed by atoms with E-state index in [0.29, 0.717) is 22.6 Å². The molecule has 0 aromatic heterocycles. The molecule has 1 heterocycles. The number of nitrogens with one attached hydrogen (secondary N) is 1. The number of ether oxygens (including phenoxy) is 2. The summed E-state index contributed by atoms with van der Waals surface area (Å²) in [7, 11) is 1.40. The highest BCUT2D eigenvalue weighted by Crippen LogP contribution is 2.38. The topological polar surface area (TPSA) is 105 Å². The van der Waals surface area contributed by atoms with Crippen LogP contribution in [0.3, 0.4) is 0 Å². The third kappa shape index (κ3) is 6.18. The SMILES string of the molecule is COc1cc(C=C2C(=O)N(c3ccccc3)C(=O)N(c3ccccc3)C2=O)cc(Cl)c1OCC(=O)Nc1ccc(C)cc1C. The Morgan fingerprint density at radius 2 is 1.43 bits per heavy atom. The number of amides is 5. The second-order valence-corrected chi connectivity index (χ2v) is 10.4. The molecule has 5 rings (SSSR count). The van der Waals surface area contributed by atoms with Gasteiger partial charge in [0.15, 0.2) is 18.1 Å². The summed E-state index contributed by atoms with van der Waals surface area (Å²) in [6.45, 7) is 3.52. The highest BCUT2D eigenvalue weighted by atomic mass is 35.5. The van der Waals surface area contributed by atoms with Crippen molar-refractivity contribution in [2.75, 3.05) is 28.8 Å². The molecule has 5 amide bonds. The lowest BCUT2D eigenvalue weighted by molar-refractivity contribution is -0.121. The van der Waals surface area contributed by atoms with Gasteiger partial charge >= 0.3 is 6.03 Å². The van der Waals surface area contributed by atoms with Crippen molar-refractivity contribution in [3.63, 3.8) is 0 Å². The van der Waals surface area contributed by atoms with E-state index in [9.17, 15) is 19.2 Å². The fraction of sp³-hybridized carbons (Fsp3) is 0.118. The minimum atomic E-state index is -0.798. The maximum absolute atomic E-state index is 13.7. The lowest BCUT2D eigenvalue weighted by Gasteiger charge is -2.34. The zero-order valence-electron chi connectivity index (χ0n) is 24.2. The van der Waals surface area contributed by atoms with Crippen LogP contribution in [-0.4, -0.2) is 37.5 Å². The van der Waals surface area contributed by atoms with Gasteiger partial charge in [0.2, 0.25) is 0 Å². The molecular weight excluding hydrogens is 582 g/mol. The first-order chi connectivity index (χ1) is 21.2. The van der Waals surface area contributed by atoms with Gasteiger partial charge in [0.1, 0.15) is 5.57 Å². The van der Waals surface area contributed by atoms with Crippen molar-refractivity contribution in [3.8, 4) is 11.5 Å². The summed E-state index contributed by atoms with van der Waals surface area (Å²) in [6, 6.07) is 24.6. The number of methoxy groups -OCH3 is 1. The molecule has 1 aliphatic rings. The number of urea groups is 1. The van der Waals surface area contributed by atoms with Crippen LogP contribution in [0.2, 0.25) is 5.02 Å². The minimum absolute atomic E-state index is 0.0853. The molecule has 4 aromatic rings. The first-order valence-corrected chi connectivity index (χ1v) is 14.0. The molecule has 0 aliphatic carbocycles. The molecule has 1 N–H and O–H groups in total. The van der Waals surface area contributed by atoms with E-state index >= 15 is 0 Å². The van der Waals surface area contributed by atoms with Crippen molar-refractivity contribution in [1.29, 1.82) is 0 Å². The zero-order chi connectivity index (χ0) is 31.4. The van der Waals surface area contributed by atoms with E-state index in [4.69, 9.17) is 21.1 Å². The van der Waals surface area contributed by atoms with Crippen LogP contribution in [0.5, 0.6) is 11.5 Å². The third-order valence-corrected chi connectivity index (χ3v) is 7.13. The van der Waals surface area contributed by atoms with Crippen LogP contribution in [0.15, 0.2) is 96.6 Å². The average Bonchev–Trinajstić information content (AvgIpc) is 3.01. The van der Waals surface area contributed by atoms with Gasteiger partial charge < -0.3 is 14.8 Å². The number of carbonyl (C=O) groups excluding carboxylic acids is 4. The van der Waals surface area contributed by atoms with E-state index in [1.807, 2.05) is 32.0 Å². The third-order valence-electron chi connectivity index (χ3n) is 6.84. The molecule has 0 bridgehead atoms. The Bertz CT molecular complexity index is 1730. The van der Waals surface area contributed by atoms with E-state index in [-0.39, 0.29) is 28.7 Å². The van der Waals surface area contributed by atoms with Gasteiger partial charge in [-0.1, -0.05) is 65.7 Å². The van der Waals surface area contributed by atoms with Gasteiger partial charge in [-0.05, 0) is 73.5 Å². The minimum Gasteiger partial charge on any atom is -0.493 e. The van der Waals surface area contributed by atoms with Crippen molar-refractivity contribution in [2.24, 2.45) is 0 Å². The normalized spacial score (nSPS) is 13.2. The van der Waals surface area contributed by atoms with Crippen molar-refractivity contribution < 1.29 is 28.7 Å². The summed E-state index contributed by atoms with van der Waals surface area (Å²) in [5, 5.41) is 2.89. The predicted octanol–water partition coefficient (Wildman–Crippen LogP) is 6.57. The van der Waals surface area contributed by atoms with Gasteiger partial charge in [-0.2, -0.15) is 0 Å². The summed E-state index contributed by atoms with van der Waals surface area (Å²) < 4.78 is 11.2. The largest absolute Gasteiger partial charge is 0.493 e. The van der Waals surface area contributed by atoms with Crippen LogP contribution in [0.4, 0.5) is 21.9 Å². The summed E-state index contributed by atoms with van der Waals surface area (Å²) in [4.78, 5) is 55.3. The Hall–Kier alpha value is -5.41. The highest BCUT2D eigenvalue weighted by Gasteiger charge is 2.43. The number of barbiturate groups is 1. The van der Waals surface area contributed by atoms with Crippen LogP contribution >= 0.6 is 11.6 Å². The lowest BCUT2D eigenvalue weighted by atomic mass is 10.0. The number of hydrogen-bond acceptors (Lipinski definition) is 6. The summed E-state index contributed by atoms with van der Waals surface area (Å²) in [6.07, 6.45) is 1.34. The summed E-state index contributed by atoms with van der Waals surface area (Å²) >= 11 is 6.55. The van der Waals surface area contributed by atoms with E-state index in [1.54, 1.807) is 60.7 Å². The van der Waals surface area contributed by atoms with Gasteiger partial charge in [-0.15, -0.1) is 0 Å². The van der Waals surface area contributed by atoms with E-state index in [0.717, 1.165) is 20.9 Å². The van der Waals surface area contributed by atoms with E-state index in [2.05, 4.69) is 5.32 Å². The molecular formula is C34H28ClN3O6. The monoisotopic (exact) mass is 609 g/mol. The van der Waals surface area contributed by atoms with Crippen LogP contribution in [0.1, 0.15) is 16.7 Å². The molecule has 1 aliphatic heterocycles. The average molecular weight is 610 g/mol. The Kier molecular flexibility index (Phi) is 8.78. The van der Waals surface area contributed by atoms with Crippen LogP contribution in [0.25, 0.3) is 6.08 Å². The molecule has 222 valence electrons. The molecule has 0 radical (unpaired) electrons. The van der Waals surface area contributed by atoms with Crippen molar-refractivity contribution in [1.82, 2.24) is 0 Å². The number of anilines is 3. The van der Waals surface area contributed by atoms with Crippen LogP contribution in [-0.2, 0) is 14.4 Å². The quantitative estimate of drug-likeness (QED) is 0.179. The fourth-order valence-corrected chi connectivity index (χ4v) is 5.02. The molecule has 44 heavy (non-hydrogen) atoms. The molecule has 0 saturated carbocycles. The van der Waals surface area contributed by atoms with Crippen LogP contribution < -0.4 is 24.6 Å². The number of rotatable bonds is 8. The molecule has 0 spiro atoms. The Morgan fingerprint density at radius 1 is 0.841 bits per heavy atom. The molecule has 0 atom stereocenters. The Labute approximate surface area is 259 Å². The maximum Gasteiger partial charge on any atom is 0.343 e. The number of halogens is 1. The van der Waals surface area contributed by atoms with E-state index in [1.165, 1.54) is 25.3 Å². The van der Waals surface area contributed by atoms with Gasteiger partial charge in [0.25, 0.3) is 17.7 Å². The molecule has 4 aromatic carbocycles. The number of carbonyl (C=O) groups is 4. The standard InChI is InChI=1S/C34H28ClN3O6/c1-21-14-15-28(22(2)16-21)36-30(39)20-44-31-27(35)18-23(19-29(31)43-3)17-26-32(40)37(24-10-6-4-7-11-24)34(42)38(33(26)41)25-12-8-5-9-13-25/h4-19H,20H2,1-3H3,(H,36,39). The van der Waals surface area contributed by atoms with Crippen LogP contribution in [0, 0.1) is 13.8 Å². The number of aryl methyl sites for hydroxylation is 2. The molecule has 0 unspecified atom stereocenters. The Morgan fingerprint density at radius 3 is 1.98 bits per heavy atom. The number of hydrogen-bond donors (Lipinski definition) is 1. The number of para-hydroxylation sites is 2. The van der Waals surface area contributed by atoms with Gasteiger partial charge in [0.05, 0.1) is 23.5 Å². The van der Waals surface area contributed by atoms with Gasteiger partial charge in [0, 0.05) is 5.69 Å². The first-order valence-electron chi connectivity index (χ1n) is 13.6. The highest BCUT2D eigenvalue weighted by molar-refractivity contribution is 6.46.